The van der Waals surface area contributed by atoms with Gasteiger partial charge in [-0.3, -0.25) is 4.79 Å². The fraction of sp³-hybridized carbons (Fsp3) is 0.375. The van der Waals surface area contributed by atoms with Crippen LogP contribution in [0.3, 0.4) is 0 Å². The quantitative estimate of drug-likeness (QED) is 0.817. The van der Waals surface area contributed by atoms with Crippen LogP contribution in [0.25, 0.3) is 0 Å². The summed E-state index contributed by atoms with van der Waals surface area (Å²) in [7, 11) is 0. The van der Waals surface area contributed by atoms with E-state index in [9.17, 15) is 4.79 Å². The zero-order chi connectivity index (χ0) is 8.97. The van der Waals surface area contributed by atoms with E-state index in [0.29, 0.717) is 6.42 Å². The van der Waals surface area contributed by atoms with Crippen LogP contribution in [0.2, 0.25) is 4.34 Å². The van der Waals surface area contributed by atoms with Gasteiger partial charge in [-0.25, -0.2) is 0 Å². The highest BCUT2D eigenvalue weighted by atomic mass is 35.5. The van der Waals surface area contributed by atoms with Gasteiger partial charge in [0.25, 0.3) is 0 Å². The van der Waals surface area contributed by atoms with E-state index < -0.39 is 5.97 Å². The number of carboxylic acids is 1. The molecule has 0 aliphatic rings. The summed E-state index contributed by atoms with van der Waals surface area (Å²) in [5, 5.41) is 11.3. The summed E-state index contributed by atoms with van der Waals surface area (Å²) >= 11 is 7.15. The zero-order valence-electron chi connectivity index (χ0n) is 6.34. The molecule has 0 aromatic carbocycles. The highest BCUT2D eigenvalue weighted by molar-refractivity contribution is 7.14. The lowest BCUT2D eigenvalue weighted by molar-refractivity contribution is -0.137. The van der Waals surface area contributed by atoms with Crippen molar-refractivity contribution in [2.75, 3.05) is 0 Å². The standard InChI is InChI=1S/C8H8ClO2S/c9-8-6(4-5-12-8)2-1-3-7(10)11/h4H,1-3H2,(H,10,11). The first-order valence-corrected chi connectivity index (χ1v) is 4.75. The number of hydrogen-bond donors (Lipinski definition) is 1. The van der Waals surface area contributed by atoms with Crippen molar-refractivity contribution < 1.29 is 9.90 Å². The highest BCUT2D eigenvalue weighted by Gasteiger charge is 2.02. The van der Waals surface area contributed by atoms with Gasteiger partial charge in [-0.05, 0) is 24.5 Å². The molecule has 0 saturated carbocycles. The molecule has 1 aromatic rings. The molecular formula is C8H8ClO2S. The third kappa shape index (κ3) is 2.83. The zero-order valence-corrected chi connectivity index (χ0v) is 7.91. The largest absolute Gasteiger partial charge is 0.481 e. The van der Waals surface area contributed by atoms with E-state index in [1.807, 2.05) is 6.07 Å². The van der Waals surface area contributed by atoms with Gasteiger partial charge in [0.05, 0.1) is 4.34 Å². The molecule has 0 aliphatic heterocycles. The molecule has 0 spiro atoms. The topological polar surface area (TPSA) is 37.3 Å². The first kappa shape index (κ1) is 9.55. The Morgan fingerprint density at radius 3 is 3.00 bits per heavy atom. The summed E-state index contributed by atoms with van der Waals surface area (Å²) in [6.45, 7) is 0. The second-order valence-electron chi connectivity index (χ2n) is 2.41. The number of hydrogen-bond acceptors (Lipinski definition) is 2. The predicted octanol–water partition coefficient (Wildman–Crippen LogP) is 2.61. The predicted molar refractivity (Wildman–Crippen MR) is 48.7 cm³/mol. The van der Waals surface area contributed by atoms with Gasteiger partial charge in [0, 0.05) is 11.8 Å². The smallest absolute Gasteiger partial charge is 0.303 e. The number of thiophene rings is 1. The molecule has 0 fully saturated rings. The summed E-state index contributed by atoms with van der Waals surface area (Å²) in [5.74, 6) is -0.759. The molecular weight excluding hydrogens is 196 g/mol. The molecule has 12 heavy (non-hydrogen) atoms. The third-order valence-corrected chi connectivity index (χ3v) is 2.62. The van der Waals surface area contributed by atoms with Crippen molar-refractivity contribution in [2.24, 2.45) is 0 Å². The van der Waals surface area contributed by atoms with Gasteiger partial charge >= 0.3 is 5.97 Å². The van der Waals surface area contributed by atoms with Crippen LogP contribution in [0.4, 0.5) is 0 Å². The second-order valence-corrected chi connectivity index (χ2v) is 3.86. The van der Waals surface area contributed by atoms with Crippen molar-refractivity contribution in [2.45, 2.75) is 19.3 Å². The highest BCUT2D eigenvalue weighted by Crippen LogP contribution is 2.23. The molecule has 1 heterocycles. The van der Waals surface area contributed by atoms with E-state index >= 15 is 0 Å². The van der Waals surface area contributed by atoms with Crippen LogP contribution in [0.15, 0.2) is 6.07 Å². The van der Waals surface area contributed by atoms with Crippen molar-refractivity contribution in [3.63, 3.8) is 0 Å². The fourth-order valence-corrected chi connectivity index (χ4v) is 1.75. The van der Waals surface area contributed by atoms with Crippen molar-refractivity contribution in [1.82, 2.24) is 0 Å². The lowest BCUT2D eigenvalue weighted by Gasteiger charge is -1.95. The average molecular weight is 204 g/mol. The molecule has 0 bridgehead atoms. The second kappa shape index (κ2) is 4.48. The minimum atomic E-state index is -0.759. The molecule has 0 unspecified atom stereocenters. The van der Waals surface area contributed by atoms with Crippen LogP contribution in [0.1, 0.15) is 18.4 Å². The monoisotopic (exact) mass is 203 g/mol. The summed E-state index contributed by atoms with van der Waals surface area (Å²) in [4.78, 5) is 10.2. The van der Waals surface area contributed by atoms with Crippen LogP contribution in [-0.4, -0.2) is 11.1 Å². The van der Waals surface area contributed by atoms with Crippen LogP contribution >= 0.6 is 22.9 Å². The summed E-state index contributed by atoms with van der Waals surface area (Å²) in [6, 6.07) is 1.81. The molecule has 0 atom stereocenters. The Labute approximate surface area is 79.8 Å². The average Bonchev–Trinajstić information content (AvgIpc) is 2.36. The Bertz CT molecular complexity index is 270. The van der Waals surface area contributed by atoms with E-state index in [1.54, 1.807) is 0 Å². The van der Waals surface area contributed by atoms with Crippen LogP contribution in [-0.2, 0) is 11.2 Å². The number of aryl methyl sites for hydroxylation is 1. The summed E-state index contributed by atoms with van der Waals surface area (Å²) in [6.07, 6.45) is 1.57. The van der Waals surface area contributed by atoms with Crippen molar-refractivity contribution >= 4 is 28.9 Å². The van der Waals surface area contributed by atoms with Gasteiger partial charge in [-0.15, -0.1) is 11.3 Å². The molecule has 0 aliphatic carbocycles. The van der Waals surface area contributed by atoms with Crippen LogP contribution in [0.5, 0.6) is 0 Å². The number of rotatable bonds is 4. The fourth-order valence-electron chi connectivity index (χ4n) is 0.875. The Morgan fingerprint density at radius 1 is 1.75 bits per heavy atom. The number of halogens is 1. The van der Waals surface area contributed by atoms with Gasteiger partial charge in [0.1, 0.15) is 0 Å². The number of carbonyl (C=O) groups is 1. The Hall–Kier alpha value is -0.540. The van der Waals surface area contributed by atoms with Crippen LogP contribution in [0, 0.1) is 5.38 Å². The van der Waals surface area contributed by atoms with Gasteiger partial charge in [0.2, 0.25) is 0 Å². The van der Waals surface area contributed by atoms with Gasteiger partial charge in [0.15, 0.2) is 0 Å². The maximum Gasteiger partial charge on any atom is 0.303 e. The van der Waals surface area contributed by atoms with Gasteiger partial charge in [-0.1, -0.05) is 11.6 Å². The van der Waals surface area contributed by atoms with E-state index in [0.717, 1.165) is 16.3 Å². The number of carboxylic acid groups (broad SMARTS) is 1. The van der Waals surface area contributed by atoms with Gasteiger partial charge < -0.3 is 5.11 Å². The normalized spacial score (nSPS) is 10.1. The summed E-state index contributed by atoms with van der Waals surface area (Å²) < 4.78 is 0.723. The van der Waals surface area contributed by atoms with E-state index in [2.05, 4.69) is 5.38 Å². The lowest BCUT2D eigenvalue weighted by atomic mass is 10.1. The minimum absolute atomic E-state index is 0.201. The molecule has 0 saturated heterocycles. The third-order valence-electron chi connectivity index (χ3n) is 1.47. The first-order valence-electron chi connectivity index (χ1n) is 3.56. The summed E-state index contributed by atoms with van der Waals surface area (Å²) in [5.41, 5.74) is 1.00. The maximum absolute atomic E-state index is 10.2. The maximum atomic E-state index is 10.2. The van der Waals surface area contributed by atoms with Gasteiger partial charge in [-0.2, -0.15) is 0 Å². The lowest BCUT2D eigenvalue weighted by Crippen LogP contribution is -1.95. The van der Waals surface area contributed by atoms with Crippen molar-refractivity contribution in [3.8, 4) is 0 Å². The molecule has 1 N–H and O–H groups in total. The Morgan fingerprint density at radius 2 is 2.50 bits per heavy atom. The Balaban J connectivity index is 2.33. The van der Waals surface area contributed by atoms with E-state index in [1.165, 1.54) is 11.3 Å². The minimum Gasteiger partial charge on any atom is -0.481 e. The molecule has 65 valence electrons. The van der Waals surface area contributed by atoms with E-state index in [-0.39, 0.29) is 6.42 Å². The van der Waals surface area contributed by atoms with Crippen molar-refractivity contribution in [1.29, 1.82) is 0 Å². The molecule has 1 radical (unpaired) electrons. The molecule has 2 nitrogen and oxygen atoms in total. The SMILES string of the molecule is O=C(O)CCCc1c[c]sc1Cl. The molecule has 0 amide bonds. The Kier molecular flexibility index (Phi) is 3.56. The van der Waals surface area contributed by atoms with E-state index in [4.69, 9.17) is 16.7 Å². The molecule has 4 heteroatoms. The molecule has 1 aromatic heterocycles. The first-order chi connectivity index (χ1) is 5.70. The van der Waals surface area contributed by atoms with Crippen LogP contribution < -0.4 is 0 Å². The molecule has 1 rings (SSSR count). The number of aliphatic carboxylic acids is 1. The van der Waals surface area contributed by atoms with Crippen molar-refractivity contribution in [3.05, 3.63) is 21.3 Å².